The number of carbonyl (C=O) groups is 1. The summed E-state index contributed by atoms with van der Waals surface area (Å²) in [6.45, 7) is 0.466. The van der Waals surface area contributed by atoms with Crippen LogP contribution in [0.2, 0.25) is 0 Å². The molecule has 0 heterocycles. The quantitative estimate of drug-likeness (QED) is 0.888. The summed E-state index contributed by atoms with van der Waals surface area (Å²) in [4.78, 5) is 12.7. The maximum absolute atomic E-state index is 12.7. The molecule has 20 heavy (non-hydrogen) atoms. The largest absolute Gasteiger partial charge is 0.329 e. The number of amides is 1. The highest BCUT2D eigenvalue weighted by atomic mass is 16.2. The number of aryl methyl sites for hydroxylation is 1. The Morgan fingerprint density at radius 1 is 1.15 bits per heavy atom. The normalized spacial score (nSPS) is 20.4. The minimum atomic E-state index is -0.322. The van der Waals surface area contributed by atoms with Gasteiger partial charge in [0.1, 0.15) is 0 Å². The summed E-state index contributed by atoms with van der Waals surface area (Å²) in [5.41, 5.74) is 9.35. The molecule has 3 heteroatoms. The number of hydrogen-bond donors (Lipinski definition) is 2. The summed E-state index contributed by atoms with van der Waals surface area (Å²) in [7, 11) is 0. The maximum atomic E-state index is 12.7. The summed E-state index contributed by atoms with van der Waals surface area (Å²) in [5.74, 6) is 0.136. The fraction of sp³-hybridized carbons (Fsp3) is 0.588. The van der Waals surface area contributed by atoms with Gasteiger partial charge in [-0.3, -0.25) is 4.79 Å². The average molecular weight is 272 g/mol. The summed E-state index contributed by atoms with van der Waals surface area (Å²) >= 11 is 0. The van der Waals surface area contributed by atoms with Gasteiger partial charge in [0.2, 0.25) is 5.91 Å². The Morgan fingerprint density at radius 3 is 2.65 bits per heavy atom. The predicted molar refractivity (Wildman–Crippen MR) is 81.7 cm³/mol. The molecular formula is C17H24N2O. The lowest BCUT2D eigenvalue weighted by atomic mass is 9.84. The van der Waals surface area contributed by atoms with Crippen molar-refractivity contribution < 1.29 is 4.79 Å². The Hall–Kier alpha value is -1.35. The molecular weight excluding hydrogens is 248 g/mol. The molecule has 0 radical (unpaired) electrons. The first-order valence-corrected chi connectivity index (χ1v) is 7.87. The van der Waals surface area contributed by atoms with Crippen LogP contribution in [0.1, 0.15) is 49.7 Å². The fourth-order valence-electron chi connectivity index (χ4n) is 3.73. The van der Waals surface area contributed by atoms with E-state index in [1.165, 1.54) is 24.0 Å². The van der Waals surface area contributed by atoms with Crippen molar-refractivity contribution in [1.29, 1.82) is 0 Å². The fourth-order valence-corrected chi connectivity index (χ4v) is 3.73. The molecule has 3 rings (SSSR count). The van der Waals surface area contributed by atoms with E-state index in [1.807, 2.05) is 6.07 Å². The second-order valence-electron chi connectivity index (χ2n) is 6.30. The first-order chi connectivity index (χ1) is 9.75. The Balaban J connectivity index is 1.82. The average Bonchev–Trinajstić information content (AvgIpc) is 2.98. The molecule has 0 aromatic heterocycles. The first-order valence-electron chi connectivity index (χ1n) is 7.87. The van der Waals surface area contributed by atoms with Gasteiger partial charge in [-0.1, -0.05) is 25.0 Å². The molecule has 3 N–H and O–H groups in total. The van der Waals surface area contributed by atoms with E-state index in [-0.39, 0.29) is 11.3 Å². The molecule has 0 bridgehead atoms. The van der Waals surface area contributed by atoms with E-state index in [4.69, 9.17) is 5.73 Å². The number of benzene rings is 1. The molecule has 108 valence electrons. The number of fused-ring (bicyclic) bond motifs is 1. The SMILES string of the molecule is NCC1(C(=O)Nc2cccc3c2CCCC3)CCCC1. The summed E-state index contributed by atoms with van der Waals surface area (Å²) in [6, 6.07) is 6.29. The molecule has 1 fully saturated rings. The number of nitrogens with two attached hydrogens (primary N) is 1. The molecule has 1 aromatic carbocycles. The molecule has 1 aromatic rings. The second-order valence-corrected chi connectivity index (χ2v) is 6.30. The van der Waals surface area contributed by atoms with Crippen molar-refractivity contribution in [3.63, 3.8) is 0 Å². The molecule has 0 unspecified atom stereocenters. The smallest absolute Gasteiger partial charge is 0.231 e. The lowest BCUT2D eigenvalue weighted by molar-refractivity contribution is -0.124. The van der Waals surface area contributed by atoms with Gasteiger partial charge in [-0.15, -0.1) is 0 Å². The van der Waals surface area contributed by atoms with Gasteiger partial charge >= 0.3 is 0 Å². The zero-order valence-electron chi connectivity index (χ0n) is 12.1. The van der Waals surface area contributed by atoms with Crippen molar-refractivity contribution in [3.8, 4) is 0 Å². The van der Waals surface area contributed by atoms with Crippen molar-refractivity contribution >= 4 is 11.6 Å². The van der Waals surface area contributed by atoms with Crippen molar-refractivity contribution in [2.24, 2.45) is 11.1 Å². The highest BCUT2D eigenvalue weighted by molar-refractivity contribution is 5.96. The monoisotopic (exact) mass is 272 g/mol. The maximum Gasteiger partial charge on any atom is 0.231 e. The van der Waals surface area contributed by atoms with Crippen LogP contribution in [0.25, 0.3) is 0 Å². The van der Waals surface area contributed by atoms with Crippen LogP contribution in [0.5, 0.6) is 0 Å². The van der Waals surface area contributed by atoms with Crippen LogP contribution in [-0.2, 0) is 17.6 Å². The number of nitrogens with one attached hydrogen (secondary N) is 1. The lowest BCUT2D eigenvalue weighted by Gasteiger charge is -2.27. The van der Waals surface area contributed by atoms with Gasteiger partial charge in [0.05, 0.1) is 5.41 Å². The van der Waals surface area contributed by atoms with Crippen LogP contribution in [0, 0.1) is 5.41 Å². The molecule has 2 aliphatic carbocycles. The van der Waals surface area contributed by atoms with Crippen molar-refractivity contribution in [2.75, 3.05) is 11.9 Å². The van der Waals surface area contributed by atoms with Gasteiger partial charge in [0.25, 0.3) is 0 Å². The Morgan fingerprint density at radius 2 is 1.90 bits per heavy atom. The van der Waals surface area contributed by atoms with E-state index in [0.29, 0.717) is 6.54 Å². The van der Waals surface area contributed by atoms with E-state index >= 15 is 0 Å². The molecule has 0 saturated heterocycles. The predicted octanol–water partition coefficient (Wildman–Crippen LogP) is 3.02. The molecule has 0 aliphatic heterocycles. The highest BCUT2D eigenvalue weighted by Crippen LogP contribution is 2.39. The summed E-state index contributed by atoms with van der Waals surface area (Å²) < 4.78 is 0. The van der Waals surface area contributed by atoms with Crippen LogP contribution < -0.4 is 11.1 Å². The van der Waals surface area contributed by atoms with Crippen LogP contribution in [0.15, 0.2) is 18.2 Å². The van der Waals surface area contributed by atoms with Crippen molar-refractivity contribution in [2.45, 2.75) is 51.4 Å². The molecule has 1 saturated carbocycles. The van der Waals surface area contributed by atoms with E-state index in [2.05, 4.69) is 17.4 Å². The zero-order valence-corrected chi connectivity index (χ0v) is 12.1. The van der Waals surface area contributed by atoms with Gasteiger partial charge in [0, 0.05) is 12.2 Å². The van der Waals surface area contributed by atoms with E-state index in [0.717, 1.165) is 44.2 Å². The molecule has 0 spiro atoms. The van der Waals surface area contributed by atoms with Gasteiger partial charge in [-0.2, -0.15) is 0 Å². The van der Waals surface area contributed by atoms with Crippen molar-refractivity contribution in [1.82, 2.24) is 0 Å². The summed E-state index contributed by atoms with van der Waals surface area (Å²) in [5, 5.41) is 3.18. The number of carbonyl (C=O) groups excluding carboxylic acids is 1. The van der Waals surface area contributed by atoms with Gasteiger partial charge in [-0.25, -0.2) is 0 Å². The van der Waals surface area contributed by atoms with Crippen LogP contribution in [0.4, 0.5) is 5.69 Å². The second kappa shape index (κ2) is 5.57. The van der Waals surface area contributed by atoms with Gasteiger partial charge in [0.15, 0.2) is 0 Å². The number of rotatable bonds is 3. The number of anilines is 1. The van der Waals surface area contributed by atoms with Crippen LogP contribution in [0.3, 0.4) is 0 Å². The molecule has 0 atom stereocenters. The Labute approximate surface area is 120 Å². The third kappa shape index (κ3) is 2.35. The Kier molecular flexibility index (Phi) is 3.79. The minimum Gasteiger partial charge on any atom is -0.329 e. The molecule has 1 amide bonds. The minimum absolute atomic E-state index is 0.136. The van der Waals surface area contributed by atoms with E-state index in [9.17, 15) is 4.79 Å². The topological polar surface area (TPSA) is 55.1 Å². The van der Waals surface area contributed by atoms with E-state index < -0.39 is 0 Å². The van der Waals surface area contributed by atoms with E-state index in [1.54, 1.807) is 0 Å². The van der Waals surface area contributed by atoms with Gasteiger partial charge in [-0.05, 0) is 55.7 Å². The third-order valence-electron chi connectivity index (χ3n) is 5.08. The first kappa shape index (κ1) is 13.6. The van der Waals surface area contributed by atoms with Crippen molar-refractivity contribution in [3.05, 3.63) is 29.3 Å². The third-order valence-corrected chi connectivity index (χ3v) is 5.08. The standard InChI is InChI=1S/C17H24N2O/c18-12-17(10-3-4-11-17)16(20)19-15-9-5-7-13-6-1-2-8-14(13)15/h5,7,9H,1-4,6,8,10-12,18H2,(H,19,20). The molecule has 3 nitrogen and oxygen atoms in total. The van der Waals surface area contributed by atoms with Crippen LogP contribution in [-0.4, -0.2) is 12.5 Å². The lowest BCUT2D eigenvalue weighted by Crippen LogP contribution is -2.40. The van der Waals surface area contributed by atoms with Crippen LogP contribution >= 0.6 is 0 Å². The Bertz CT molecular complexity index is 504. The van der Waals surface area contributed by atoms with Gasteiger partial charge < -0.3 is 11.1 Å². The summed E-state index contributed by atoms with van der Waals surface area (Å²) in [6.07, 6.45) is 8.82. The zero-order chi connectivity index (χ0) is 14.0. The highest BCUT2D eigenvalue weighted by Gasteiger charge is 2.40. The molecule has 2 aliphatic rings. The number of hydrogen-bond acceptors (Lipinski definition) is 2.